The normalized spacial score (nSPS) is 22.7. The fourth-order valence-corrected chi connectivity index (χ4v) is 4.73. The maximum Gasteiger partial charge on any atom is 0.231 e. The molecule has 0 N–H and O–H groups in total. The molecule has 2 aromatic rings. The van der Waals surface area contributed by atoms with Crippen molar-refractivity contribution in [1.82, 2.24) is 25.1 Å². The summed E-state index contributed by atoms with van der Waals surface area (Å²) in [5.41, 5.74) is 2.32. The van der Waals surface area contributed by atoms with Gasteiger partial charge in [-0.1, -0.05) is 19.3 Å². The van der Waals surface area contributed by atoms with Gasteiger partial charge in [-0.05, 0) is 48.4 Å². The van der Waals surface area contributed by atoms with E-state index in [4.69, 9.17) is 14.2 Å². The van der Waals surface area contributed by atoms with E-state index in [1.807, 2.05) is 0 Å². The largest absolute Gasteiger partial charge is 0.492 e. The smallest absolute Gasteiger partial charge is 0.231 e. The third-order valence-corrected chi connectivity index (χ3v) is 6.08. The molecule has 8 nitrogen and oxygen atoms in total. The van der Waals surface area contributed by atoms with Crippen LogP contribution in [0.1, 0.15) is 61.1 Å². The van der Waals surface area contributed by atoms with Crippen LogP contribution in [0.15, 0.2) is 6.07 Å². The summed E-state index contributed by atoms with van der Waals surface area (Å²) in [7, 11) is 3.81. The quantitative estimate of drug-likeness (QED) is 0.820. The summed E-state index contributed by atoms with van der Waals surface area (Å²) in [6.07, 6.45) is 6.99. The molecule has 0 bridgehead atoms. The molecule has 1 aliphatic carbocycles. The zero-order valence-electron chi connectivity index (χ0n) is 15.8. The number of rotatable bonds is 3. The SMILES string of the molecule is COc1c2c(cc3c1[C@H](c1nnnn1C1CCCCC1)N(C)CC3)OCO2. The van der Waals surface area contributed by atoms with E-state index in [0.29, 0.717) is 11.8 Å². The van der Waals surface area contributed by atoms with Crippen LogP contribution in [-0.2, 0) is 6.42 Å². The molecule has 0 unspecified atom stereocenters. The molecular formula is C19H25N5O3. The topological polar surface area (TPSA) is 74.5 Å². The number of hydrogen-bond acceptors (Lipinski definition) is 7. The second kappa shape index (κ2) is 6.67. The number of methoxy groups -OCH3 is 1. The number of likely N-dealkylation sites (N-methyl/N-ethyl adjacent to an activating group) is 1. The van der Waals surface area contributed by atoms with Gasteiger partial charge in [0.05, 0.1) is 13.2 Å². The lowest BCUT2D eigenvalue weighted by Gasteiger charge is -2.35. The molecule has 0 amide bonds. The van der Waals surface area contributed by atoms with Crippen LogP contribution in [-0.4, -0.2) is 52.6 Å². The van der Waals surface area contributed by atoms with E-state index >= 15 is 0 Å². The van der Waals surface area contributed by atoms with Crippen LogP contribution < -0.4 is 14.2 Å². The molecule has 0 radical (unpaired) electrons. The lowest BCUT2D eigenvalue weighted by molar-refractivity contribution is 0.170. The van der Waals surface area contributed by atoms with Crippen molar-refractivity contribution in [1.29, 1.82) is 0 Å². The standard InChI is InChI=1S/C19H25N5O3/c1-23-9-8-12-10-14-17(27-11-26-14)18(25-2)15(12)16(23)19-20-21-22-24(19)13-6-4-3-5-7-13/h10,13,16H,3-9,11H2,1-2H3/t16-/m1/s1. The predicted molar refractivity (Wildman–Crippen MR) is 97.2 cm³/mol. The fraction of sp³-hybridized carbons (Fsp3) is 0.632. The summed E-state index contributed by atoms with van der Waals surface area (Å²) in [6.45, 7) is 1.16. The maximum atomic E-state index is 5.81. The first kappa shape index (κ1) is 16.8. The number of nitrogens with zero attached hydrogens (tertiary/aromatic N) is 5. The van der Waals surface area contributed by atoms with Gasteiger partial charge in [0.1, 0.15) is 6.04 Å². The fourth-order valence-electron chi connectivity index (χ4n) is 4.73. The first-order valence-corrected chi connectivity index (χ1v) is 9.75. The van der Waals surface area contributed by atoms with E-state index < -0.39 is 0 Å². The van der Waals surface area contributed by atoms with Crippen LogP contribution in [0.5, 0.6) is 17.2 Å². The van der Waals surface area contributed by atoms with Gasteiger partial charge >= 0.3 is 0 Å². The summed E-state index contributed by atoms with van der Waals surface area (Å²) >= 11 is 0. The zero-order chi connectivity index (χ0) is 18.4. The Labute approximate surface area is 158 Å². The first-order chi connectivity index (χ1) is 13.3. The van der Waals surface area contributed by atoms with Crippen LogP contribution in [0.2, 0.25) is 0 Å². The molecular weight excluding hydrogens is 346 g/mol. The van der Waals surface area contributed by atoms with Gasteiger partial charge in [0.15, 0.2) is 17.3 Å². The van der Waals surface area contributed by atoms with Crippen LogP contribution in [0.4, 0.5) is 0 Å². The minimum Gasteiger partial charge on any atom is -0.492 e. The summed E-state index contributed by atoms with van der Waals surface area (Å²) in [5.74, 6) is 3.09. The third-order valence-electron chi connectivity index (χ3n) is 6.08. The van der Waals surface area contributed by atoms with E-state index in [1.54, 1.807) is 7.11 Å². The van der Waals surface area contributed by atoms with Gasteiger partial charge in [-0.3, -0.25) is 4.90 Å². The second-order valence-electron chi connectivity index (χ2n) is 7.62. The number of aromatic nitrogens is 4. The van der Waals surface area contributed by atoms with Crippen molar-refractivity contribution in [2.24, 2.45) is 0 Å². The van der Waals surface area contributed by atoms with Gasteiger partial charge in [-0.2, -0.15) is 0 Å². The molecule has 1 aromatic heterocycles. The van der Waals surface area contributed by atoms with E-state index in [9.17, 15) is 0 Å². The highest BCUT2D eigenvalue weighted by molar-refractivity contribution is 5.62. The van der Waals surface area contributed by atoms with Gasteiger partial charge in [-0.15, -0.1) is 5.10 Å². The van der Waals surface area contributed by atoms with Gasteiger partial charge in [0.25, 0.3) is 0 Å². The zero-order valence-corrected chi connectivity index (χ0v) is 15.8. The summed E-state index contributed by atoms with van der Waals surface area (Å²) in [6, 6.07) is 2.41. The van der Waals surface area contributed by atoms with Crippen LogP contribution in [0, 0.1) is 0 Å². The molecule has 0 saturated heterocycles. The minimum absolute atomic E-state index is 0.0601. The molecule has 1 atom stereocenters. The molecule has 144 valence electrons. The predicted octanol–water partition coefficient (Wildman–Crippen LogP) is 2.49. The maximum absolute atomic E-state index is 5.81. The molecule has 1 fully saturated rings. The molecule has 5 rings (SSSR count). The van der Waals surface area contributed by atoms with Gasteiger partial charge in [0, 0.05) is 12.1 Å². The highest BCUT2D eigenvalue weighted by Crippen LogP contribution is 2.50. The third kappa shape index (κ3) is 2.65. The molecule has 27 heavy (non-hydrogen) atoms. The molecule has 3 aliphatic rings. The molecule has 3 heterocycles. The number of hydrogen-bond donors (Lipinski definition) is 0. The van der Waals surface area contributed by atoms with Crippen molar-refractivity contribution in [3.05, 3.63) is 23.0 Å². The first-order valence-electron chi connectivity index (χ1n) is 9.75. The average molecular weight is 371 g/mol. The summed E-state index contributed by atoms with van der Waals surface area (Å²) in [4.78, 5) is 2.30. The van der Waals surface area contributed by atoms with Crippen molar-refractivity contribution >= 4 is 0 Å². The summed E-state index contributed by atoms with van der Waals surface area (Å²) < 4.78 is 19.2. The van der Waals surface area contributed by atoms with Gasteiger partial charge in [-0.25, -0.2) is 4.68 Å². The Kier molecular flexibility index (Phi) is 4.15. The molecule has 1 aromatic carbocycles. The number of fused-ring (bicyclic) bond motifs is 2. The van der Waals surface area contributed by atoms with E-state index in [-0.39, 0.29) is 12.8 Å². The van der Waals surface area contributed by atoms with Gasteiger partial charge < -0.3 is 14.2 Å². The lowest BCUT2D eigenvalue weighted by Crippen LogP contribution is -2.35. The molecule has 0 spiro atoms. The minimum atomic E-state index is -0.0601. The second-order valence-corrected chi connectivity index (χ2v) is 7.62. The molecule has 2 aliphatic heterocycles. The summed E-state index contributed by atoms with van der Waals surface area (Å²) in [5, 5.41) is 12.9. The van der Waals surface area contributed by atoms with Crippen molar-refractivity contribution in [3.8, 4) is 17.2 Å². The van der Waals surface area contributed by atoms with Crippen LogP contribution in [0.3, 0.4) is 0 Å². The van der Waals surface area contributed by atoms with Crippen molar-refractivity contribution < 1.29 is 14.2 Å². The monoisotopic (exact) mass is 371 g/mol. The Balaban J connectivity index is 1.64. The van der Waals surface area contributed by atoms with E-state index in [0.717, 1.165) is 48.7 Å². The van der Waals surface area contributed by atoms with Crippen LogP contribution in [0.25, 0.3) is 0 Å². The number of tetrazole rings is 1. The van der Waals surface area contributed by atoms with Crippen LogP contribution >= 0.6 is 0 Å². The Morgan fingerprint density at radius 1 is 1.19 bits per heavy atom. The number of benzene rings is 1. The Morgan fingerprint density at radius 3 is 2.85 bits per heavy atom. The Hall–Kier alpha value is -2.35. The van der Waals surface area contributed by atoms with Gasteiger partial charge in [0.2, 0.25) is 12.5 Å². The Morgan fingerprint density at radius 2 is 2.04 bits per heavy atom. The number of ether oxygens (including phenoxy) is 3. The average Bonchev–Trinajstić information content (AvgIpc) is 3.36. The highest BCUT2D eigenvalue weighted by Gasteiger charge is 2.38. The van der Waals surface area contributed by atoms with E-state index in [2.05, 4.69) is 38.2 Å². The lowest BCUT2D eigenvalue weighted by atomic mass is 9.90. The Bertz CT molecular complexity index is 846. The molecule has 1 saturated carbocycles. The van der Waals surface area contributed by atoms with E-state index in [1.165, 1.54) is 24.8 Å². The van der Waals surface area contributed by atoms with Crippen molar-refractivity contribution in [3.63, 3.8) is 0 Å². The van der Waals surface area contributed by atoms with Crippen molar-refractivity contribution in [2.75, 3.05) is 27.5 Å². The highest BCUT2D eigenvalue weighted by atomic mass is 16.7. The molecule has 8 heteroatoms. The van der Waals surface area contributed by atoms with Crippen molar-refractivity contribution in [2.45, 2.75) is 50.6 Å².